The highest BCUT2D eigenvalue weighted by atomic mass is 35.5. The van der Waals surface area contributed by atoms with Crippen molar-refractivity contribution in [3.63, 3.8) is 0 Å². The molecule has 2 amide bonds. The Bertz CT molecular complexity index is 1490. The second-order valence-corrected chi connectivity index (χ2v) is 12.6. The fourth-order valence-corrected chi connectivity index (χ4v) is 7.12. The van der Waals surface area contributed by atoms with E-state index in [2.05, 4.69) is 10.2 Å². The Kier molecular flexibility index (Phi) is 8.16. The first kappa shape index (κ1) is 29.5. The molecule has 2 aliphatic heterocycles. The maximum atomic E-state index is 13.5. The number of carbonyl (C=O) groups excluding carboxylic acids is 2. The van der Waals surface area contributed by atoms with Crippen LogP contribution < -0.4 is 10.2 Å². The van der Waals surface area contributed by atoms with E-state index in [1.165, 1.54) is 0 Å². The lowest BCUT2D eigenvalue weighted by Gasteiger charge is -2.47. The molecule has 0 radical (unpaired) electrons. The van der Waals surface area contributed by atoms with E-state index in [1.54, 1.807) is 18.2 Å². The summed E-state index contributed by atoms with van der Waals surface area (Å²) < 4.78 is 38.8. The van der Waals surface area contributed by atoms with Crippen molar-refractivity contribution in [2.75, 3.05) is 31.1 Å². The molecule has 3 aromatic rings. The van der Waals surface area contributed by atoms with Crippen LogP contribution in [-0.2, 0) is 23.8 Å². The van der Waals surface area contributed by atoms with Crippen molar-refractivity contribution < 1.29 is 22.8 Å². The van der Waals surface area contributed by atoms with Crippen molar-refractivity contribution >= 4 is 29.1 Å². The van der Waals surface area contributed by atoms with Crippen LogP contribution >= 0.6 is 11.6 Å². The van der Waals surface area contributed by atoms with Gasteiger partial charge in [0.15, 0.2) is 0 Å². The summed E-state index contributed by atoms with van der Waals surface area (Å²) in [4.78, 5) is 30.5. The van der Waals surface area contributed by atoms with E-state index in [0.29, 0.717) is 23.7 Å². The van der Waals surface area contributed by atoms with Gasteiger partial charge in [0.2, 0.25) is 5.91 Å². The Morgan fingerprint density at radius 1 is 0.907 bits per heavy atom. The van der Waals surface area contributed by atoms with E-state index in [1.807, 2.05) is 41.3 Å². The van der Waals surface area contributed by atoms with Gasteiger partial charge in [-0.25, -0.2) is 0 Å². The first-order chi connectivity index (χ1) is 20.6. The molecule has 5 nitrogen and oxygen atoms in total. The molecule has 2 heterocycles. The first-order valence-electron chi connectivity index (χ1n) is 15.0. The fourth-order valence-electron chi connectivity index (χ4n) is 6.91. The van der Waals surface area contributed by atoms with Crippen LogP contribution in [0.15, 0.2) is 66.7 Å². The lowest BCUT2D eigenvalue weighted by molar-refractivity contribution is -0.137. The lowest BCUT2D eigenvalue weighted by Crippen LogP contribution is -2.48. The summed E-state index contributed by atoms with van der Waals surface area (Å²) in [6.07, 6.45) is 1.31. The number of nitrogens with zero attached hydrogens (tertiary/aromatic N) is 2. The molecule has 0 aromatic heterocycles. The van der Waals surface area contributed by atoms with Gasteiger partial charge in [0.25, 0.3) is 5.91 Å². The zero-order chi connectivity index (χ0) is 30.2. The molecule has 2 saturated heterocycles. The van der Waals surface area contributed by atoms with Crippen molar-refractivity contribution in [3.8, 4) is 0 Å². The number of benzene rings is 3. The minimum absolute atomic E-state index is 0.0212. The molecule has 226 valence electrons. The average Bonchev–Trinajstić information content (AvgIpc) is 3.40. The van der Waals surface area contributed by atoms with Gasteiger partial charge in [0, 0.05) is 42.5 Å². The van der Waals surface area contributed by atoms with Crippen LogP contribution in [0.5, 0.6) is 0 Å². The molecule has 0 saturated carbocycles. The SMILES string of the molecule is O=C(Cc1ccccc1Cl)NC1CCc2ccc(C(=O)N3CCC4(CC3)CCN(c3ccc(C(F)(F)F)cc3)CC4)cc21. The molecule has 1 spiro atoms. The van der Waals surface area contributed by atoms with E-state index in [9.17, 15) is 22.8 Å². The predicted octanol–water partition coefficient (Wildman–Crippen LogP) is 7.23. The number of hydrogen-bond acceptors (Lipinski definition) is 3. The van der Waals surface area contributed by atoms with Crippen molar-refractivity contribution in [1.29, 1.82) is 0 Å². The summed E-state index contributed by atoms with van der Waals surface area (Å²) in [7, 11) is 0. The van der Waals surface area contributed by atoms with Gasteiger partial charge in [-0.15, -0.1) is 0 Å². The van der Waals surface area contributed by atoms with Crippen LogP contribution in [0.3, 0.4) is 0 Å². The van der Waals surface area contributed by atoms with Gasteiger partial charge < -0.3 is 15.1 Å². The number of aryl methyl sites for hydroxylation is 1. The van der Waals surface area contributed by atoms with Crippen LogP contribution in [0, 0.1) is 5.41 Å². The number of alkyl halides is 3. The highest BCUT2D eigenvalue weighted by Crippen LogP contribution is 2.43. The minimum atomic E-state index is -4.33. The quantitative estimate of drug-likeness (QED) is 0.332. The molecule has 2 fully saturated rings. The normalized spacial score (nSPS) is 19.8. The van der Waals surface area contributed by atoms with Gasteiger partial charge in [-0.1, -0.05) is 35.9 Å². The van der Waals surface area contributed by atoms with Crippen LogP contribution in [0.2, 0.25) is 5.02 Å². The number of anilines is 1. The maximum Gasteiger partial charge on any atom is 0.416 e. The maximum absolute atomic E-state index is 13.5. The number of fused-ring (bicyclic) bond motifs is 1. The average molecular weight is 610 g/mol. The number of amides is 2. The first-order valence-corrected chi connectivity index (χ1v) is 15.4. The number of likely N-dealkylation sites (tertiary alicyclic amines) is 1. The van der Waals surface area contributed by atoms with Gasteiger partial charge in [-0.3, -0.25) is 9.59 Å². The number of piperidine rings is 2. The minimum Gasteiger partial charge on any atom is -0.371 e. The second kappa shape index (κ2) is 11.9. The lowest BCUT2D eigenvalue weighted by atomic mass is 9.71. The second-order valence-electron chi connectivity index (χ2n) is 12.2. The van der Waals surface area contributed by atoms with Crippen LogP contribution in [0.1, 0.15) is 70.8 Å². The molecular formula is C34H35ClF3N3O2. The van der Waals surface area contributed by atoms with Crippen molar-refractivity contribution in [1.82, 2.24) is 10.2 Å². The van der Waals surface area contributed by atoms with Crippen LogP contribution in [0.25, 0.3) is 0 Å². The Morgan fingerprint density at radius 3 is 2.26 bits per heavy atom. The number of nitrogens with one attached hydrogen (secondary N) is 1. The van der Waals surface area contributed by atoms with Crippen LogP contribution in [0.4, 0.5) is 18.9 Å². The van der Waals surface area contributed by atoms with Gasteiger partial charge in [-0.05, 0) is 103 Å². The number of carbonyl (C=O) groups is 2. The molecule has 6 rings (SSSR count). The topological polar surface area (TPSA) is 52.7 Å². The van der Waals surface area contributed by atoms with Gasteiger partial charge in [-0.2, -0.15) is 13.2 Å². The summed E-state index contributed by atoms with van der Waals surface area (Å²) >= 11 is 6.24. The van der Waals surface area contributed by atoms with E-state index < -0.39 is 11.7 Å². The fraction of sp³-hybridized carbons (Fsp3) is 0.412. The summed E-state index contributed by atoms with van der Waals surface area (Å²) in [6, 6.07) is 18.5. The standard InChI is InChI=1S/C34H35ClF3N3O2/c35-29-4-2-1-3-24(29)22-31(42)39-30-12-7-23-5-6-25(21-28(23)30)32(43)41-19-15-33(16-20-41)13-17-40(18-14-33)27-10-8-26(9-11-27)34(36,37)38/h1-6,8-11,21,30H,7,12-20,22H2,(H,39,42). The molecule has 9 heteroatoms. The van der Waals surface area contributed by atoms with E-state index in [0.717, 1.165) is 86.1 Å². The highest BCUT2D eigenvalue weighted by Gasteiger charge is 2.39. The molecule has 43 heavy (non-hydrogen) atoms. The Labute approximate surface area is 255 Å². The molecule has 0 bridgehead atoms. The largest absolute Gasteiger partial charge is 0.416 e. The number of rotatable bonds is 5. The zero-order valence-corrected chi connectivity index (χ0v) is 24.7. The molecule has 1 unspecified atom stereocenters. The van der Waals surface area contributed by atoms with E-state index >= 15 is 0 Å². The zero-order valence-electron chi connectivity index (χ0n) is 23.9. The third-order valence-corrected chi connectivity index (χ3v) is 9.98. The molecule has 3 aliphatic rings. The van der Waals surface area contributed by atoms with Gasteiger partial charge in [0.05, 0.1) is 18.0 Å². The predicted molar refractivity (Wildman–Crippen MR) is 161 cm³/mol. The van der Waals surface area contributed by atoms with Crippen molar-refractivity contribution in [2.45, 2.75) is 57.2 Å². The van der Waals surface area contributed by atoms with Gasteiger partial charge >= 0.3 is 6.18 Å². The Hall–Kier alpha value is -3.52. The number of halogens is 4. The summed E-state index contributed by atoms with van der Waals surface area (Å²) in [5.41, 5.74) is 3.98. The van der Waals surface area contributed by atoms with Crippen LogP contribution in [-0.4, -0.2) is 42.9 Å². The third-order valence-electron chi connectivity index (χ3n) is 9.61. The Balaban J connectivity index is 1.03. The van der Waals surface area contributed by atoms with Crippen molar-refractivity contribution in [3.05, 3.63) is 99.6 Å². The Morgan fingerprint density at radius 2 is 1.58 bits per heavy atom. The summed E-state index contributed by atoms with van der Waals surface area (Å²) in [6.45, 7) is 2.98. The smallest absolute Gasteiger partial charge is 0.371 e. The molecule has 1 atom stereocenters. The van der Waals surface area contributed by atoms with E-state index in [4.69, 9.17) is 11.6 Å². The summed E-state index contributed by atoms with van der Waals surface area (Å²) in [5.74, 6) is -0.0683. The monoisotopic (exact) mass is 609 g/mol. The van der Waals surface area contributed by atoms with Crippen molar-refractivity contribution in [2.24, 2.45) is 5.41 Å². The third kappa shape index (κ3) is 6.40. The molecule has 3 aromatic carbocycles. The molecule has 1 N–H and O–H groups in total. The molecule has 1 aliphatic carbocycles. The van der Waals surface area contributed by atoms with Gasteiger partial charge in [0.1, 0.15) is 0 Å². The highest BCUT2D eigenvalue weighted by molar-refractivity contribution is 6.31. The van der Waals surface area contributed by atoms with E-state index in [-0.39, 0.29) is 29.7 Å². The summed E-state index contributed by atoms with van der Waals surface area (Å²) in [5, 5.41) is 3.72. The number of hydrogen-bond donors (Lipinski definition) is 1. The molecular weight excluding hydrogens is 575 g/mol.